The van der Waals surface area contributed by atoms with E-state index in [9.17, 15) is 0 Å². The van der Waals surface area contributed by atoms with Crippen LogP contribution in [0.5, 0.6) is 0 Å². The molecule has 1 heteroatoms. The summed E-state index contributed by atoms with van der Waals surface area (Å²) in [5.74, 6) is 0.328. The van der Waals surface area contributed by atoms with E-state index in [0.29, 0.717) is 0 Å². The summed E-state index contributed by atoms with van der Waals surface area (Å²) in [6.45, 7) is 0. The van der Waals surface area contributed by atoms with Crippen LogP contribution in [0.25, 0.3) is 22.3 Å². The predicted octanol–water partition coefficient (Wildman–Crippen LogP) is 16.0. The first-order valence-electron chi connectivity index (χ1n) is 23.9. The van der Waals surface area contributed by atoms with Gasteiger partial charge in [-0.05, 0) is 121 Å². The average molecular weight is 856 g/mol. The zero-order valence-corrected chi connectivity index (χ0v) is 37.3. The number of allylic oxidation sites excluding steroid dienone is 11. The first-order chi connectivity index (χ1) is 33.2. The monoisotopic (exact) mass is 855 g/mol. The Bertz CT molecular complexity index is 3300. The fourth-order valence-electron chi connectivity index (χ4n) is 12.5. The van der Waals surface area contributed by atoms with Crippen LogP contribution in [-0.4, -0.2) is 0 Å². The summed E-state index contributed by atoms with van der Waals surface area (Å²) < 4.78 is 0. The minimum atomic E-state index is -0.502. The molecule has 2 atom stereocenters. The van der Waals surface area contributed by atoms with E-state index in [1.54, 1.807) is 0 Å². The molecule has 5 aliphatic rings. The van der Waals surface area contributed by atoms with Crippen LogP contribution in [0.2, 0.25) is 0 Å². The molecule has 0 N–H and O–H groups in total. The highest BCUT2D eigenvalue weighted by Crippen LogP contribution is 2.61. The molecule has 5 aliphatic carbocycles. The van der Waals surface area contributed by atoms with Gasteiger partial charge in [0, 0.05) is 28.9 Å². The van der Waals surface area contributed by atoms with E-state index in [2.05, 4.69) is 266 Å². The van der Waals surface area contributed by atoms with Crippen LogP contribution in [0.1, 0.15) is 62.9 Å². The fourth-order valence-corrected chi connectivity index (χ4v) is 12.5. The Labute approximate surface area is 394 Å². The van der Waals surface area contributed by atoms with Gasteiger partial charge in [0.15, 0.2) is 0 Å². The molecule has 0 heterocycles. The van der Waals surface area contributed by atoms with Crippen LogP contribution >= 0.6 is 0 Å². The molecule has 2 unspecified atom stereocenters. The standard InChI is InChI=1S/C66H49N/c1-6-20-46(21-7-1)47-34-37-53(38-35-47)67(55-40-42-58-57-30-16-18-32-60(57)66(63(58)45-55,51-26-12-4-13-27-51)52-28-14-5-15-29-52)54-39-41-56-48(44-54)36-43-62-64(56)59-31-17-19-33-61(59)65(62,49-22-8-2-9-23-49)50-24-10-3-11-25-50/h1-6,8-20,22-45,48,56H,7,21H2. The van der Waals surface area contributed by atoms with E-state index in [1.807, 2.05) is 0 Å². The van der Waals surface area contributed by atoms with Gasteiger partial charge in [0.2, 0.25) is 0 Å². The highest BCUT2D eigenvalue weighted by Gasteiger charge is 2.50. The van der Waals surface area contributed by atoms with E-state index >= 15 is 0 Å². The van der Waals surface area contributed by atoms with Crippen molar-refractivity contribution in [3.05, 3.63) is 322 Å². The lowest BCUT2D eigenvalue weighted by molar-refractivity contribution is 0.656. The summed E-state index contributed by atoms with van der Waals surface area (Å²) >= 11 is 0. The largest absolute Gasteiger partial charge is 0.311 e. The summed E-state index contributed by atoms with van der Waals surface area (Å²) in [4.78, 5) is 2.51. The summed E-state index contributed by atoms with van der Waals surface area (Å²) in [6, 6.07) is 79.3. The third-order valence-electron chi connectivity index (χ3n) is 15.3. The molecule has 0 amide bonds. The quantitative estimate of drug-likeness (QED) is 0.147. The van der Waals surface area contributed by atoms with Crippen molar-refractivity contribution in [1.29, 1.82) is 0 Å². The average Bonchev–Trinajstić information content (AvgIpc) is 3.89. The van der Waals surface area contributed by atoms with E-state index in [-0.39, 0.29) is 11.8 Å². The maximum atomic E-state index is 2.53. The van der Waals surface area contributed by atoms with Crippen molar-refractivity contribution in [2.24, 2.45) is 11.8 Å². The van der Waals surface area contributed by atoms with Crippen molar-refractivity contribution in [3.63, 3.8) is 0 Å². The van der Waals surface area contributed by atoms with Crippen molar-refractivity contribution < 1.29 is 0 Å². The summed E-state index contributed by atoms with van der Waals surface area (Å²) in [5, 5.41) is 0. The summed E-state index contributed by atoms with van der Waals surface area (Å²) in [5.41, 5.74) is 21.1. The van der Waals surface area contributed by atoms with E-state index in [0.717, 1.165) is 24.2 Å². The molecule has 8 aromatic rings. The molecule has 8 aromatic carbocycles. The van der Waals surface area contributed by atoms with Gasteiger partial charge in [-0.25, -0.2) is 0 Å². The second kappa shape index (κ2) is 15.9. The molecule has 13 rings (SSSR count). The molecule has 0 aliphatic heterocycles. The van der Waals surface area contributed by atoms with Gasteiger partial charge in [-0.3, -0.25) is 0 Å². The van der Waals surface area contributed by atoms with Crippen molar-refractivity contribution >= 4 is 22.5 Å². The Morgan fingerprint density at radius 1 is 0.448 bits per heavy atom. The molecule has 318 valence electrons. The summed E-state index contributed by atoms with van der Waals surface area (Å²) in [6.07, 6.45) is 21.3. The Balaban J connectivity index is 0.984. The van der Waals surface area contributed by atoms with Crippen LogP contribution in [0, 0.1) is 11.8 Å². The number of nitrogens with zero attached hydrogens (tertiary/aromatic N) is 1. The molecule has 0 bridgehead atoms. The third kappa shape index (κ3) is 5.94. The molecule has 0 aromatic heterocycles. The van der Waals surface area contributed by atoms with E-state index in [4.69, 9.17) is 0 Å². The Morgan fingerprint density at radius 3 is 1.60 bits per heavy atom. The number of rotatable bonds is 8. The number of hydrogen-bond donors (Lipinski definition) is 0. The van der Waals surface area contributed by atoms with Gasteiger partial charge < -0.3 is 4.90 Å². The highest BCUT2D eigenvalue weighted by atomic mass is 15.1. The van der Waals surface area contributed by atoms with Gasteiger partial charge in [0.25, 0.3) is 0 Å². The van der Waals surface area contributed by atoms with Gasteiger partial charge in [0.1, 0.15) is 0 Å². The molecule has 0 radical (unpaired) electrons. The molecule has 1 nitrogen and oxygen atoms in total. The Kier molecular flexibility index (Phi) is 9.32. The third-order valence-corrected chi connectivity index (χ3v) is 15.3. The van der Waals surface area contributed by atoms with Gasteiger partial charge in [-0.2, -0.15) is 0 Å². The van der Waals surface area contributed by atoms with Crippen molar-refractivity contribution in [2.75, 3.05) is 4.90 Å². The first kappa shape index (κ1) is 39.4. The lowest BCUT2D eigenvalue weighted by atomic mass is 9.65. The lowest BCUT2D eigenvalue weighted by Crippen LogP contribution is -2.30. The zero-order valence-electron chi connectivity index (χ0n) is 37.3. The fraction of sp³-hybridized carbons (Fsp3) is 0.0909. The molecule has 67 heavy (non-hydrogen) atoms. The molecule has 0 saturated carbocycles. The van der Waals surface area contributed by atoms with Crippen molar-refractivity contribution in [2.45, 2.75) is 23.7 Å². The SMILES string of the molecule is C1=CCCC(c2ccc(N(C3=CC4C=CC5=C(c6ccccc6C5(c5ccccc5)c5ccccc5)C4C=C3)c3ccc4c(c3)C(c3ccccc3)(c3ccccc3)c3ccccc3-4)cc2)=C1. The van der Waals surface area contributed by atoms with Crippen molar-refractivity contribution in [3.8, 4) is 11.1 Å². The van der Waals surface area contributed by atoms with Gasteiger partial charge >= 0.3 is 0 Å². The highest BCUT2D eigenvalue weighted by molar-refractivity contribution is 5.92. The van der Waals surface area contributed by atoms with Gasteiger partial charge in [0.05, 0.1) is 10.8 Å². The number of hydrogen-bond acceptors (Lipinski definition) is 1. The molecular formula is C66H49N. The zero-order chi connectivity index (χ0) is 44.4. The topological polar surface area (TPSA) is 3.24 Å². The van der Waals surface area contributed by atoms with Crippen LogP contribution in [-0.2, 0) is 10.8 Å². The molecule has 0 spiro atoms. The Hall–Kier alpha value is -8.00. The number of fused-ring (bicyclic) bond motifs is 7. The normalized spacial score (nSPS) is 18.8. The second-order valence-corrected chi connectivity index (χ2v) is 18.6. The van der Waals surface area contributed by atoms with Gasteiger partial charge in [-0.15, -0.1) is 0 Å². The number of benzene rings is 8. The molecule has 0 saturated heterocycles. The van der Waals surface area contributed by atoms with E-state index < -0.39 is 10.8 Å². The summed E-state index contributed by atoms with van der Waals surface area (Å²) in [7, 11) is 0. The maximum Gasteiger partial charge on any atom is 0.0714 e. The minimum absolute atomic E-state index is 0.154. The second-order valence-electron chi connectivity index (χ2n) is 18.6. The van der Waals surface area contributed by atoms with Crippen LogP contribution in [0.15, 0.2) is 272 Å². The minimum Gasteiger partial charge on any atom is -0.311 e. The van der Waals surface area contributed by atoms with Crippen LogP contribution in [0.3, 0.4) is 0 Å². The van der Waals surface area contributed by atoms with Crippen LogP contribution < -0.4 is 4.90 Å². The van der Waals surface area contributed by atoms with Gasteiger partial charge in [-0.1, -0.05) is 231 Å². The predicted molar refractivity (Wildman–Crippen MR) is 278 cm³/mol. The molecular weight excluding hydrogens is 807 g/mol. The molecule has 0 fully saturated rings. The van der Waals surface area contributed by atoms with Crippen LogP contribution in [0.4, 0.5) is 11.4 Å². The smallest absolute Gasteiger partial charge is 0.0714 e. The van der Waals surface area contributed by atoms with Crippen molar-refractivity contribution in [1.82, 2.24) is 0 Å². The Morgan fingerprint density at radius 2 is 0.985 bits per heavy atom. The lowest BCUT2D eigenvalue weighted by Gasteiger charge is -2.38. The first-order valence-corrected chi connectivity index (χ1v) is 23.9. The maximum absolute atomic E-state index is 2.53. The number of anilines is 2. The van der Waals surface area contributed by atoms with E-state index in [1.165, 1.54) is 83.6 Å².